The molecule has 2 aromatic heterocycles. The Labute approximate surface area is 122 Å². The van der Waals surface area contributed by atoms with Gasteiger partial charge in [0, 0.05) is 25.1 Å². The van der Waals surface area contributed by atoms with Crippen LogP contribution >= 0.6 is 15.9 Å². The Hall–Kier alpha value is -1.07. The summed E-state index contributed by atoms with van der Waals surface area (Å²) < 4.78 is 8.46. The zero-order valence-electron chi connectivity index (χ0n) is 11.8. The highest BCUT2D eigenvalue weighted by atomic mass is 79.9. The molecule has 0 saturated carbocycles. The number of aromatic nitrogens is 2. The van der Waals surface area contributed by atoms with Crippen LogP contribution < -0.4 is 5.32 Å². The topological polar surface area (TPSA) is 43.0 Å². The lowest BCUT2D eigenvalue weighted by molar-refractivity contribution is 0.493. The van der Waals surface area contributed by atoms with Crippen molar-refractivity contribution in [1.29, 1.82) is 0 Å². The Bertz CT molecular complexity index is 559. The molecule has 2 aromatic rings. The Balaban J connectivity index is 2.29. The molecular formula is C14H20BrN3O. The molecule has 0 aliphatic heterocycles. The van der Waals surface area contributed by atoms with Gasteiger partial charge < -0.3 is 9.73 Å². The van der Waals surface area contributed by atoms with Crippen molar-refractivity contribution in [2.45, 2.75) is 33.2 Å². The van der Waals surface area contributed by atoms with Gasteiger partial charge in [0.1, 0.15) is 5.76 Å². The van der Waals surface area contributed by atoms with Crippen LogP contribution in [0.25, 0.3) is 0 Å². The maximum atomic E-state index is 5.42. The van der Waals surface area contributed by atoms with Crippen molar-refractivity contribution in [3.8, 4) is 0 Å². The minimum absolute atomic E-state index is 0.245. The van der Waals surface area contributed by atoms with Gasteiger partial charge in [-0.05, 0) is 42.4 Å². The number of hydrogen-bond donors (Lipinski definition) is 1. The van der Waals surface area contributed by atoms with Crippen molar-refractivity contribution in [3.05, 3.63) is 39.5 Å². The number of likely N-dealkylation sites (N-methyl/N-ethyl adjacent to an activating group) is 1. The van der Waals surface area contributed by atoms with E-state index in [0.29, 0.717) is 0 Å². The molecule has 5 heteroatoms. The molecule has 0 amide bonds. The van der Waals surface area contributed by atoms with Crippen LogP contribution in [0.2, 0.25) is 0 Å². The van der Waals surface area contributed by atoms with E-state index in [-0.39, 0.29) is 6.04 Å². The second-order valence-electron chi connectivity index (χ2n) is 4.72. The summed E-state index contributed by atoms with van der Waals surface area (Å²) >= 11 is 3.63. The summed E-state index contributed by atoms with van der Waals surface area (Å²) in [6, 6.07) is 2.29. The maximum Gasteiger partial charge on any atom is 0.105 e. The Morgan fingerprint density at radius 3 is 2.68 bits per heavy atom. The van der Waals surface area contributed by atoms with E-state index in [1.54, 1.807) is 6.26 Å². The van der Waals surface area contributed by atoms with Gasteiger partial charge in [-0.2, -0.15) is 5.10 Å². The summed E-state index contributed by atoms with van der Waals surface area (Å²) in [4.78, 5) is 0. The van der Waals surface area contributed by atoms with Crippen LogP contribution in [0.4, 0.5) is 0 Å². The molecule has 1 N–H and O–H groups in total. The van der Waals surface area contributed by atoms with Gasteiger partial charge in [0.25, 0.3) is 0 Å². The van der Waals surface area contributed by atoms with Crippen LogP contribution in [0.15, 0.2) is 21.2 Å². The van der Waals surface area contributed by atoms with Crippen LogP contribution in [0.5, 0.6) is 0 Å². The first-order valence-corrected chi connectivity index (χ1v) is 7.29. The molecule has 0 spiro atoms. The van der Waals surface area contributed by atoms with Crippen molar-refractivity contribution < 1.29 is 4.42 Å². The number of nitrogens with one attached hydrogen (secondary N) is 1. The fourth-order valence-corrected chi connectivity index (χ4v) is 2.89. The highest BCUT2D eigenvalue weighted by Gasteiger charge is 2.20. The smallest absolute Gasteiger partial charge is 0.105 e. The Morgan fingerprint density at radius 2 is 2.21 bits per heavy atom. The molecule has 19 heavy (non-hydrogen) atoms. The molecular weight excluding hydrogens is 306 g/mol. The zero-order valence-corrected chi connectivity index (χ0v) is 13.4. The van der Waals surface area contributed by atoms with Crippen LogP contribution in [0.1, 0.15) is 35.7 Å². The second-order valence-corrected chi connectivity index (χ2v) is 5.51. The number of rotatable bonds is 5. The summed E-state index contributed by atoms with van der Waals surface area (Å²) in [5.41, 5.74) is 3.44. The highest BCUT2D eigenvalue weighted by Crippen LogP contribution is 2.27. The number of hydrogen-bond acceptors (Lipinski definition) is 3. The second kappa shape index (κ2) is 5.92. The fourth-order valence-electron chi connectivity index (χ4n) is 2.39. The molecule has 0 fully saturated rings. The van der Waals surface area contributed by atoms with Crippen LogP contribution in [0.3, 0.4) is 0 Å². The third-order valence-corrected chi connectivity index (χ3v) is 4.42. The van der Waals surface area contributed by atoms with Gasteiger partial charge in [0.15, 0.2) is 0 Å². The Kier molecular flexibility index (Phi) is 4.47. The van der Waals surface area contributed by atoms with E-state index in [9.17, 15) is 0 Å². The Morgan fingerprint density at radius 1 is 1.47 bits per heavy atom. The van der Waals surface area contributed by atoms with Crippen LogP contribution in [-0.4, -0.2) is 16.3 Å². The minimum Gasteiger partial charge on any atom is -0.469 e. The van der Waals surface area contributed by atoms with Crippen molar-refractivity contribution in [2.75, 3.05) is 6.54 Å². The van der Waals surface area contributed by atoms with E-state index in [1.807, 2.05) is 31.6 Å². The van der Waals surface area contributed by atoms with Crippen LogP contribution in [0, 0.1) is 13.8 Å². The summed E-state index contributed by atoms with van der Waals surface area (Å²) in [7, 11) is 1.98. The normalized spacial score (nSPS) is 12.9. The minimum atomic E-state index is 0.245. The van der Waals surface area contributed by atoms with E-state index >= 15 is 0 Å². The largest absolute Gasteiger partial charge is 0.469 e. The SMILES string of the molecule is CCNC(Cc1c(Br)c(C)nn1C)c1ccoc1C. The highest BCUT2D eigenvalue weighted by molar-refractivity contribution is 9.10. The third kappa shape index (κ3) is 2.92. The van der Waals surface area contributed by atoms with Gasteiger partial charge in [-0.3, -0.25) is 4.68 Å². The van der Waals surface area contributed by atoms with E-state index in [4.69, 9.17) is 4.42 Å². The number of aryl methyl sites for hydroxylation is 3. The lowest BCUT2D eigenvalue weighted by Gasteiger charge is -2.18. The molecule has 0 aliphatic carbocycles. The van der Waals surface area contributed by atoms with Gasteiger partial charge in [-0.25, -0.2) is 0 Å². The zero-order chi connectivity index (χ0) is 14.0. The maximum absolute atomic E-state index is 5.42. The predicted molar refractivity (Wildman–Crippen MR) is 79.2 cm³/mol. The summed E-state index contributed by atoms with van der Waals surface area (Å²) in [5.74, 6) is 0.973. The standard InChI is InChI=1S/C14H20BrN3O/c1-5-16-12(11-6-7-19-10(11)3)8-13-14(15)9(2)17-18(13)4/h6-7,12,16H,5,8H2,1-4H3. The number of furan rings is 1. The molecule has 1 unspecified atom stereocenters. The molecule has 0 radical (unpaired) electrons. The lowest BCUT2D eigenvalue weighted by Crippen LogP contribution is -2.24. The first-order valence-electron chi connectivity index (χ1n) is 6.50. The molecule has 1 atom stereocenters. The summed E-state index contributed by atoms with van der Waals surface area (Å²) in [5, 5.41) is 7.96. The quantitative estimate of drug-likeness (QED) is 0.917. The van der Waals surface area contributed by atoms with E-state index < -0.39 is 0 Å². The average Bonchev–Trinajstić information content (AvgIpc) is 2.88. The van der Waals surface area contributed by atoms with Gasteiger partial charge in [0.2, 0.25) is 0 Å². The first-order chi connectivity index (χ1) is 9.04. The fraction of sp³-hybridized carbons (Fsp3) is 0.500. The molecule has 2 rings (SSSR count). The van der Waals surface area contributed by atoms with Gasteiger partial charge in [0.05, 0.1) is 22.1 Å². The number of nitrogens with zero attached hydrogens (tertiary/aromatic N) is 2. The lowest BCUT2D eigenvalue weighted by atomic mass is 10.0. The molecule has 4 nitrogen and oxygen atoms in total. The summed E-state index contributed by atoms with van der Waals surface area (Å²) in [6.45, 7) is 7.05. The van der Waals surface area contributed by atoms with Crippen molar-refractivity contribution >= 4 is 15.9 Å². The molecule has 0 bridgehead atoms. The van der Waals surface area contributed by atoms with Crippen molar-refractivity contribution in [1.82, 2.24) is 15.1 Å². The molecule has 0 saturated heterocycles. The predicted octanol–water partition coefficient (Wildman–Crippen LogP) is 3.29. The average molecular weight is 326 g/mol. The molecule has 0 aromatic carbocycles. The van der Waals surface area contributed by atoms with Gasteiger partial charge in [-0.15, -0.1) is 0 Å². The first kappa shape index (κ1) is 14.3. The van der Waals surface area contributed by atoms with E-state index in [1.165, 1.54) is 11.3 Å². The monoisotopic (exact) mass is 325 g/mol. The van der Waals surface area contributed by atoms with Gasteiger partial charge >= 0.3 is 0 Å². The van der Waals surface area contributed by atoms with Crippen molar-refractivity contribution in [2.24, 2.45) is 7.05 Å². The summed E-state index contributed by atoms with van der Waals surface area (Å²) in [6.07, 6.45) is 2.63. The third-order valence-electron chi connectivity index (χ3n) is 3.38. The van der Waals surface area contributed by atoms with Crippen LogP contribution in [-0.2, 0) is 13.5 Å². The van der Waals surface area contributed by atoms with E-state index in [2.05, 4.69) is 33.3 Å². The number of halogens is 1. The molecule has 2 heterocycles. The van der Waals surface area contributed by atoms with Crippen molar-refractivity contribution in [3.63, 3.8) is 0 Å². The molecule has 0 aliphatic rings. The van der Waals surface area contributed by atoms with E-state index in [0.717, 1.165) is 28.9 Å². The van der Waals surface area contributed by atoms with Gasteiger partial charge in [-0.1, -0.05) is 6.92 Å². The molecule has 104 valence electrons.